The number of hydrogen-bond acceptors (Lipinski definition) is 7. The van der Waals surface area contributed by atoms with Crippen molar-refractivity contribution in [2.45, 2.75) is 0 Å². The first-order valence-corrected chi connectivity index (χ1v) is 7.97. The van der Waals surface area contributed by atoms with Crippen LogP contribution in [0.2, 0.25) is 0 Å². The van der Waals surface area contributed by atoms with E-state index in [0.29, 0.717) is 0 Å². The smallest absolute Gasteiger partial charge is 0.335 e. The first-order chi connectivity index (χ1) is 13.8. The van der Waals surface area contributed by atoms with Gasteiger partial charge in [0.25, 0.3) is 5.91 Å². The lowest BCUT2D eigenvalue weighted by Gasteiger charge is -2.09. The highest BCUT2D eigenvalue weighted by Crippen LogP contribution is 2.35. The van der Waals surface area contributed by atoms with E-state index in [9.17, 15) is 25.0 Å². The van der Waals surface area contributed by atoms with Crippen molar-refractivity contribution in [3.05, 3.63) is 63.2 Å². The van der Waals surface area contributed by atoms with E-state index in [4.69, 9.17) is 14.6 Å². The quantitative estimate of drug-likeness (QED) is 0.313. The molecule has 2 aromatic carbocycles. The molecule has 2 rings (SSSR count). The zero-order valence-electron chi connectivity index (χ0n) is 15.3. The number of nitrogens with one attached hydrogen (secondary N) is 1. The van der Waals surface area contributed by atoms with Gasteiger partial charge in [-0.05, 0) is 24.3 Å². The first kappa shape index (κ1) is 20.9. The van der Waals surface area contributed by atoms with E-state index in [1.54, 1.807) is 6.07 Å². The number of carboxylic acid groups (broad SMARTS) is 1. The van der Waals surface area contributed by atoms with Gasteiger partial charge in [-0.15, -0.1) is 0 Å². The number of nitrogens with zero attached hydrogens (tertiary/aromatic N) is 2. The summed E-state index contributed by atoms with van der Waals surface area (Å²) < 4.78 is 10.1. The normalized spacial score (nSPS) is 10.6. The Bertz CT molecular complexity index is 1050. The minimum atomic E-state index is -1.17. The summed E-state index contributed by atoms with van der Waals surface area (Å²) >= 11 is 0. The summed E-state index contributed by atoms with van der Waals surface area (Å²) in [5, 5.41) is 32.0. The number of benzene rings is 2. The number of hydrogen-bond donors (Lipinski definition) is 2. The Morgan fingerprint density at radius 3 is 2.45 bits per heavy atom. The maximum atomic E-state index is 12.4. The van der Waals surface area contributed by atoms with Crippen LogP contribution in [0.3, 0.4) is 0 Å². The number of rotatable bonds is 7. The molecule has 0 bridgehead atoms. The largest absolute Gasteiger partial charge is 0.496 e. The van der Waals surface area contributed by atoms with Crippen LogP contribution in [0, 0.1) is 21.4 Å². The fraction of sp³-hybridized carbons (Fsp3) is 0.105. The lowest BCUT2D eigenvalue weighted by molar-refractivity contribution is -0.385. The molecule has 0 atom stereocenters. The van der Waals surface area contributed by atoms with Gasteiger partial charge in [-0.25, -0.2) is 4.79 Å². The Morgan fingerprint density at radius 1 is 1.21 bits per heavy atom. The van der Waals surface area contributed by atoms with Crippen molar-refractivity contribution in [2.75, 3.05) is 19.5 Å². The molecule has 0 aliphatic heterocycles. The number of amides is 1. The monoisotopic (exact) mass is 397 g/mol. The number of carbonyl (C=O) groups excluding carboxylic acids is 1. The third-order valence-electron chi connectivity index (χ3n) is 3.76. The minimum Gasteiger partial charge on any atom is -0.496 e. The number of nitriles is 1. The molecule has 0 radical (unpaired) electrons. The highest BCUT2D eigenvalue weighted by molar-refractivity contribution is 6.10. The average molecular weight is 397 g/mol. The third-order valence-corrected chi connectivity index (χ3v) is 3.76. The van der Waals surface area contributed by atoms with Crippen LogP contribution in [0.4, 0.5) is 11.4 Å². The second kappa shape index (κ2) is 9.01. The zero-order chi connectivity index (χ0) is 21.6. The van der Waals surface area contributed by atoms with Crippen molar-refractivity contribution in [1.82, 2.24) is 0 Å². The fourth-order valence-electron chi connectivity index (χ4n) is 2.39. The van der Waals surface area contributed by atoms with Gasteiger partial charge in [0, 0.05) is 23.4 Å². The Hall–Kier alpha value is -4.39. The number of methoxy groups -OCH3 is 2. The summed E-state index contributed by atoms with van der Waals surface area (Å²) in [6.07, 6.45) is 1.13. The molecule has 29 heavy (non-hydrogen) atoms. The van der Waals surface area contributed by atoms with Gasteiger partial charge in [0.1, 0.15) is 17.4 Å². The highest BCUT2D eigenvalue weighted by atomic mass is 16.6. The summed E-state index contributed by atoms with van der Waals surface area (Å²) in [5.74, 6) is -1.89. The van der Waals surface area contributed by atoms with E-state index >= 15 is 0 Å². The van der Waals surface area contributed by atoms with Gasteiger partial charge in [0.2, 0.25) is 5.75 Å². The van der Waals surface area contributed by atoms with E-state index in [1.165, 1.54) is 44.6 Å². The maximum Gasteiger partial charge on any atom is 0.335 e. The van der Waals surface area contributed by atoms with Gasteiger partial charge in [-0.3, -0.25) is 14.9 Å². The van der Waals surface area contributed by atoms with Crippen molar-refractivity contribution in [3.8, 4) is 17.6 Å². The number of aromatic carboxylic acids is 1. The van der Waals surface area contributed by atoms with Crippen LogP contribution < -0.4 is 14.8 Å². The molecule has 0 saturated heterocycles. The van der Waals surface area contributed by atoms with Crippen molar-refractivity contribution < 1.29 is 29.1 Å². The average Bonchev–Trinajstić information content (AvgIpc) is 2.71. The molecule has 0 fully saturated rings. The minimum absolute atomic E-state index is 0.0438. The Morgan fingerprint density at radius 2 is 1.90 bits per heavy atom. The van der Waals surface area contributed by atoms with E-state index < -0.39 is 16.8 Å². The second-order valence-corrected chi connectivity index (χ2v) is 5.53. The molecule has 1 amide bonds. The number of nitro groups is 1. The number of carboxylic acids is 1. The number of carbonyl (C=O) groups is 2. The highest BCUT2D eigenvalue weighted by Gasteiger charge is 2.20. The predicted molar refractivity (Wildman–Crippen MR) is 102 cm³/mol. The van der Waals surface area contributed by atoms with Gasteiger partial charge >= 0.3 is 11.7 Å². The van der Waals surface area contributed by atoms with Crippen molar-refractivity contribution >= 4 is 29.3 Å². The standard InChI is InChI=1S/C19H15N3O7/c1-28-16-9-17(29-2)15(22(26)27)8-12(16)6-13(10-20)18(23)21-14-5-3-4-11(7-14)19(24)25/h3-9H,1-2H3,(H,21,23)(H,24,25)/b13-6-. The summed E-state index contributed by atoms with van der Waals surface area (Å²) in [6, 6.07) is 9.57. The second-order valence-electron chi connectivity index (χ2n) is 5.53. The molecule has 10 heteroatoms. The van der Waals surface area contributed by atoms with Crippen LogP contribution in [0.25, 0.3) is 6.08 Å². The van der Waals surface area contributed by atoms with Crippen molar-refractivity contribution in [1.29, 1.82) is 5.26 Å². The molecular formula is C19H15N3O7. The van der Waals surface area contributed by atoms with Crippen LogP contribution >= 0.6 is 0 Å². The van der Waals surface area contributed by atoms with Crippen molar-refractivity contribution in [2.24, 2.45) is 0 Å². The molecule has 0 unspecified atom stereocenters. The van der Waals surface area contributed by atoms with Gasteiger partial charge in [-0.1, -0.05) is 6.07 Å². The number of nitro benzene ring substituents is 1. The van der Waals surface area contributed by atoms with Gasteiger partial charge in [0.15, 0.2) is 0 Å². The third kappa shape index (κ3) is 4.86. The zero-order valence-corrected chi connectivity index (χ0v) is 15.3. The molecule has 0 heterocycles. The maximum absolute atomic E-state index is 12.4. The van der Waals surface area contributed by atoms with Crippen LogP contribution in [-0.2, 0) is 4.79 Å². The van der Waals surface area contributed by atoms with E-state index in [0.717, 1.165) is 12.1 Å². The van der Waals surface area contributed by atoms with E-state index in [1.807, 2.05) is 0 Å². The van der Waals surface area contributed by atoms with Gasteiger partial charge in [0.05, 0.1) is 24.7 Å². The molecule has 0 spiro atoms. The molecular weight excluding hydrogens is 382 g/mol. The topological polar surface area (TPSA) is 152 Å². The molecule has 0 aliphatic carbocycles. The van der Waals surface area contributed by atoms with E-state index in [-0.39, 0.29) is 39.6 Å². The van der Waals surface area contributed by atoms with E-state index in [2.05, 4.69) is 5.32 Å². The van der Waals surface area contributed by atoms with Crippen LogP contribution in [0.5, 0.6) is 11.5 Å². The molecule has 0 aliphatic rings. The first-order valence-electron chi connectivity index (χ1n) is 7.97. The van der Waals surface area contributed by atoms with Crippen LogP contribution in [0.15, 0.2) is 42.0 Å². The van der Waals surface area contributed by atoms with Crippen LogP contribution in [0.1, 0.15) is 15.9 Å². The molecule has 2 aromatic rings. The summed E-state index contributed by atoms with van der Waals surface area (Å²) in [4.78, 5) is 34.0. The molecule has 148 valence electrons. The molecule has 0 saturated carbocycles. The lowest BCUT2D eigenvalue weighted by atomic mass is 10.1. The van der Waals surface area contributed by atoms with Crippen LogP contribution in [-0.4, -0.2) is 36.1 Å². The SMILES string of the molecule is COc1cc(OC)c([N+](=O)[O-])cc1/C=C(/C#N)C(=O)Nc1cccc(C(=O)O)c1. The molecule has 10 nitrogen and oxygen atoms in total. The number of ether oxygens (including phenoxy) is 2. The Kier molecular flexibility index (Phi) is 6.50. The van der Waals surface area contributed by atoms with Crippen molar-refractivity contribution in [3.63, 3.8) is 0 Å². The predicted octanol–water partition coefficient (Wildman–Crippen LogP) is 2.86. The Labute approximate surface area is 164 Å². The summed E-state index contributed by atoms with van der Waals surface area (Å²) in [7, 11) is 2.58. The van der Waals surface area contributed by atoms with Gasteiger partial charge < -0.3 is 19.9 Å². The summed E-state index contributed by atoms with van der Waals surface area (Å²) in [5.41, 5.74) is -0.498. The fourth-order valence-corrected chi connectivity index (χ4v) is 2.39. The summed E-state index contributed by atoms with van der Waals surface area (Å²) in [6.45, 7) is 0. The molecule has 0 aromatic heterocycles. The van der Waals surface area contributed by atoms with Gasteiger partial charge in [-0.2, -0.15) is 5.26 Å². The number of anilines is 1. The molecule has 2 N–H and O–H groups in total. The Balaban J connectivity index is 2.43. The lowest BCUT2D eigenvalue weighted by Crippen LogP contribution is -2.14.